The number of H-pyrrole nitrogens is 1. The van der Waals surface area contributed by atoms with Crippen LogP contribution < -0.4 is 21.7 Å². The lowest BCUT2D eigenvalue weighted by atomic mass is 10.0. The number of rotatable bonds is 15. The number of hydrogen-bond donors (Lipinski definition) is 7. The lowest BCUT2D eigenvalue weighted by Gasteiger charge is -2.26. The molecule has 12 heteroatoms. The van der Waals surface area contributed by atoms with Crippen molar-refractivity contribution < 1.29 is 24.3 Å². The molecule has 0 radical (unpaired) electrons. The summed E-state index contributed by atoms with van der Waals surface area (Å²) >= 11 is 5.54. The maximum absolute atomic E-state index is 13.2. The minimum Gasteiger partial charge on any atom is -0.480 e. The Morgan fingerprint density at radius 1 is 1.03 bits per heavy atom. The minimum atomic E-state index is -1.20. The number of aliphatic carboxylic acids is 1. The number of thiol groups is 1. The average molecular weight is 552 g/mol. The topological polar surface area (TPSA) is 166 Å². The zero-order valence-electron chi connectivity index (χ0n) is 21.3. The van der Waals surface area contributed by atoms with Crippen molar-refractivity contribution in [1.82, 2.24) is 20.9 Å². The zero-order valence-corrected chi connectivity index (χ0v) is 23.0. The van der Waals surface area contributed by atoms with Gasteiger partial charge in [-0.3, -0.25) is 14.4 Å². The van der Waals surface area contributed by atoms with Crippen LogP contribution in [0.3, 0.4) is 0 Å². The van der Waals surface area contributed by atoms with E-state index >= 15 is 0 Å². The van der Waals surface area contributed by atoms with Gasteiger partial charge in [0.05, 0.1) is 6.04 Å². The van der Waals surface area contributed by atoms with Gasteiger partial charge in [0.15, 0.2) is 0 Å². The number of carboxylic acids is 1. The lowest BCUT2D eigenvalue weighted by Crippen LogP contribution is -2.57. The number of carbonyl (C=O) groups excluding carboxylic acids is 3. The van der Waals surface area contributed by atoms with Gasteiger partial charge in [-0.15, -0.1) is 0 Å². The maximum atomic E-state index is 13.2. The molecule has 0 bridgehead atoms. The molecule has 37 heavy (non-hydrogen) atoms. The number of para-hydroxylation sites is 1. The zero-order chi connectivity index (χ0) is 27.5. The first-order chi connectivity index (χ1) is 17.6. The third-order valence-corrected chi connectivity index (χ3v) is 6.87. The Hall–Kier alpha value is -2.70. The van der Waals surface area contributed by atoms with Gasteiger partial charge >= 0.3 is 5.97 Å². The van der Waals surface area contributed by atoms with Crippen molar-refractivity contribution in [3.63, 3.8) is 0 Å². The van der Waals surface area contributed by atoms with Crippen molar-refractivity contribution >= 4 is 59.0 Å². The highest BCUT2D eigenvalue weighted by molar-refractivity contribution is 7.98. The van der Waals surface area contributed by atoms with Gasteiger partial charge in [0.1, 0.15) is 18.1 Å². The molecule has 0 aliphatic heterocycles. The smallest absolute Gasteiger partial charge is 0.326 e. The van der Waals surface area contributed by atoms with Crippen molar-refractivity contribution in [2.75, 3.05) is 17.8 Å². The van der Waals surface area contributed by atoms with E-state index in [-0.39, 0.29) is 24.5 Å². The molecule has 7 N–H and O–H groups in total. The second-order valence-corrected chi connectivity index (χ2v) is 10.6. The highest BCUT2D eigenvalue weighted by Gasteiger charge is 2.31. The first kappa shape index (κ1) is 30.5. The monoisotopic (exact) mass is 551 g/mol. The van der Waals surface area contributed by atoms with Crippen molar-refractivity contribution in [3.05, 3.63) is 36.0 Å². The quantitative estimate of drug-likeness (QED) is 0.164. The number of hydrogen-bond acceptors (Lipinski definition) is 7. The van der Waals surface area contributed by atoms with E-state index in [0.717, 1.165) is 16.5 Å². The lowest BCUT2D eigenvalue weighted by molar-refractivity contribution is -0.142. The Balaban J connectivity index is 2.17. The number of carboxylic acid groups (broad SMARTS) is 1. The molecule has 10 nitrogen and oxygen atoms in total. The van der Waals surface area contributed by atoms with Crippen LogP contribution in [0.5, 0.6) is 0 Å². The second-order valence-electron chi connectivity index (χ2n) is 9.29. The molecule has 0 fully saturated rings. The van der Waals surface area contributed by atoms with E-state index in [9.17, 15) is 24.3 Å². The molecule has 0 saturated carbocycles. The molecule has 0 spiro atoms. The van der Waals surface area contributed by atoms with Crippen molar-refractivity contribution in [3.8, 4) is 0 Å². The van der Waals surface area contributed by atoms with Gasteiger partial charge in [-0.05, 0) is 42.4 Å². The number of benzene rings is 1. The second kappa shape index (κ2) is 14.9. The maximum Gasteiger partial charge on any atom is 0.326 e. The van der Waals surface area contributed by atoms with Crippen LogP contribution in [-0.4, -0.2) is 75.7 Å². The fourth-order valence-corrected chi connectivity index (χ4v) is 4.47. The van der Waals surface area contributed by atoms with E-state index in [0.29, 0.717) is 12.2 Å². The number of nitrogens with one attached hydrogen (secondary N) is 4. The fraction of sp³-hybridized carbons (Fsp3) is 0.520. The summed E-state index contributed by atoms with van der Waals surface area (Å²) in [4.78, 5) is 53.8. The molecule has 4 unspecified atom stereocenters. The molecule has 0 aliphatic rings. The number of fused-ring (bicyclic) bond motifs is 1. The summed E-state index contributed by atoms with van der Waals surface area (Å²) in [5, 5.41) is 18.6. The Morgan fingerprint density at radius 2 is 1.65 bits per heavy atom. The molecule has 0 saturated heterocycles. The number of thioether (sulfide) groups is 1. The first-order valence-corrected chi connectivity index (χ1v) is 14.1. The molecule has 3 amide bonds. The summed E-state index contributed by atoms with van der Waals surface area (Å²) in [6.45, 7) is 3.79. The van der Waals surface area contributed by atoms with Crippen LogP contribution in [0.25, 0.3) is 10.9 Å². The van der Waals surface area contributed by atoms with Crippen LogP contribution in [0.15, 0.2) is 30.5 Å². The molecule has 0 aliphatic carbocycles. The van der Waals surface area contributed by atoms with Gasteiger partial charge in [-0.2, -0.15) is 24.4 Å². The van der Waals surface area contributed by atoms with Gasteiger partial charge in [0, 0.05) is 29.3 Å². The largest absolute Gasteiger partial charge is 0.480 e. The van der Waals surface area contributed by atoms with E-state index in [1.54, 1.807) is 6.20 Å². The predicted octanol–water partition coefficient (Wildman–Crippen LogP) is 1.31. The van der Waals surface area contributed by atoms with Crippen LogP contribution in [0, 0.1) is 5.92 Å². The summed E-state index contributed by atoms with van der Waals surface area (Å²) in [7, 11) is 0. The summed E-state index contributed by atoms with van der Waals surface area (Å²) in [5.74, 6) is -2.07. The first-order valence-electron chi connectivity index (χ1n) is 12.1. The van der Waals surface area contributed by atoms with Crippen LogP contribution in [0.4, 0.5) is 0 Å². The molecule has 1 aromatic carbocycles. The molecule has 1 heterocycles. The van der Waals surface area contributed by atoms with E-state index in [4.69, 9.17) is 5.73 Å². The molecular weight excluding hydrogens is 514 g/mol. The number of aromatic nitrogens is 1. The highest BCUT2D eigenvalue weighted by Crippen LogP contribution is 2.19. The SMILES string of the molecule is CSCCC(NC(=O)C(N)CS)C(=O)NC(CC(C)C)C(=O)NC(Cc1c[nH]c2ccccc12)C(=O)O. The number of amides is 3. The molecule has 2 rings (SSSR count). The van der Waals surface area contributed by atoms with Crippen molar-refractivity contribution in [1.29, 1.82) is 0 Å². The van der Waals surface area contributed by atoms with Gasteiger partial charge in [-0.25, -0.2) is 4.79 Å². The standard InChI is InChI=1S/C25H37N5O5S2/c1-14(2)10-20(29-23(32)19(8-9-37-3)28-22(31)17(26)13-36)24(33)30-21(25(34)35)11-15-12-27-18-7-5-4-6-16(15)18/h4-7,12,14,17,19-21,27,36H,8-11,13,26H2,1-3H3,(H,28,31)(H,29,32)(H,30,33)(H,34,35). The predicted molar refractivity (Wildman–Crippen MR) is 150 cm³/mol. The normalized spacial score (nSPS) is 14.5. The molecular formula is C25H37N5O5S2. The Bertz CT molecular complexity index is 1080. The Morgan fingerprint density at radius 3 is 2.27 bits per heavy atom. The molecule has 4 atom stereocenters. The third kappa shape index (κ3) is 9.28. The molecule has 2 aromatic rings. The van der Waals surface area contributed by atoms with Gasteiger partial charge in [0.2, 0.25) is 17.7 Å². The molecule has 1 aromatic heterocycles. The van der Waals surface area contributed by atoms with Crippen molar-refractivity contribution in [2.45, 2.75) is 57.3 Å². The highest BCUT2D eigenvalue weighted by atomic mass is 32.2. The van der Waals surface area contributed by atoms with Crippen LogP contribution >= 0.6 is 24.4 Å². The van der Waals surface area contributed by atoms with E-state index in [1.807, 2.05) is 44.4 Å². The van der Waals surface area contributed by atoms with Crippen LogP contribution in [0.1, 0.15) is 32.3 Å². The van der Waals surface area contributed by atoms with Gasteiger partial charge < -0.3 is 31.8 Å². The number of aromatic amines is 1. The summed E-state index contributed by atoms with van der Waals surface area (Å²) in [5.41, 5.74) is 7.36. The summed E-state index contributed by atoms with van der Waals surface area (Å²) in [6.07, 6.45) is 4.31. The van der Waals surface area contributed by atoms with Gasteiger partial charge in [-0.1, -0.05) is 32.0 Å². The fourth-order valence-electron chi connectivity index (χ4n) is 3.83. The van der Waals surface area contributed by atoms with E-state index < -0.39 is 47.9 Å². The molecule has 204 valence electrons. The van der Waals surface area contributed by atoms with Crippen molar-refractivity contribution in [2.24, 2.45) is 11.7 Å². The summed E-state index contributed by atoms with van der Waals surface area (Å²) < 4.78 is 0. The van der Waals surface area contributed by atoms with E-state index in [2.05, 4.69) is 33.6 Å². The summed E-state index contributed by atoms with van der Waals surface area (Å²) in [6, 6.07) is 3.56. The van der Waals surface area contributed by atoms with Crippen LogP contribution in [-0.2, 0) is 25.6 Å². The van der Waals surface area contributed by atoms with Gasteiger partial charge in [0.25, 0.3) is 0 Å². The average Bonchev–Trinajstić information content (AvgIpc) is 3.27. The number of nitrogens with two attached hydrogens (primary N) is 1. The third-order valence-electron chi connectivity index (χ3n) is 5.83. The van der Waals surface area contributed by atoms with Crippen LogP contribution in [0.2, 0.25) is 0 Å². The Labute approximate surface area is 226 Å². The minimum absolute atomic E-state index is 0.0322. The van der Waals surface area contributed by atoms with E-state index in [1.165, 1.54) is 11.8 Å². The Kier molecular flexibility index (Phi) is 12.3. The number of carbonyl (C=O) groups is 4.